The average Bonchev–Trinajstić information content (AvgIpc) is 2.54. The molecular weight excluding hydrogens is 172 g/mol. The van der Waals surface area contributed by atoms with Crippen molar-refractivity contribution in [1.82, 2.24) is 4.90 Å². The van der Waals surface area contributed by atoms with Gasteiger partial charge in [-0.05, 0) is 31.6 Å². The molecule has 14 heavy (non-hydrogen) atoms. The van der Waals surface area contributed by atoms with Gasteiger partial charge in [-0.2, -0.15) is 0 Å². The maximum absolute atomic E-state index is 3.63. The van der Waals surface area contributed by atoms with E-state index in [1.165, 1.54) is 30.8 Å². The zero-order valence-electron chi connectivity index (χ0n) is 8.53. The summed E-state index contributed by atoms with van der Waals surface area (Å²) in [6, 6.07) is 9.39. The molecule has 0 saturated carbocycles. The summed E-state index contributed by atoms with van der Waals surface area (Å²) in [5.74, 6) is 0.752. The first-order valence-electron chi connectivity index (χ1n) is 5.38. The molecule has 74 valence electrons. The second-order valence-corrected chi connectivity index (χ2v) is 4.50. The van der Waals surface area contributed by atoms with Crippen LogP contribution in [0.1, 0.15) is 17.9 Å². The Bertz CT molecular complexity index is 348. The van der Waals surface area contributed by atoms with Crippen LogP contribution in [0.3, 0.4) is 0 Å². The number of benzene rings is 1. The molecule has 1 saturated heterocycles. The van der Waals surface area contributed by atoms with E-state index in [2.05, 4.69) is 41.5 Å². The molecule has 0 aromatic heterocycles. The zero-order valence-corrected chi connectivity index (χ0v) is 8.53. The third kappa shape index (κ3) is 1.14. The fourth-order valence-corrected chi connectivity index (χ4v) is 2.78. The second-order valence-electron chi connectivity index (χ2n) is 4.50. The van der Waals surface area contributed by atoms with E-state index in [4.69, 9.17) is 0 Å². The van der Waals surface area contributed by atoms with Gasteiger partial charge in [0.1, 0.15) is 0 Å². The van der Waals surface area contributed by atoms with Gasteiger partial charge in [-0.1, -0.05) is 18.2 Å². The minimum Gasteiger partial charge on any atom is -0.380 e. The molecule has 1 aromatic rings. The summed E-state index contributed by atoms with van der Waals surface area (Å²) in [4.78, 5) is 2.42. The van der Waals surface area contributed by atoms with Crippen molar-refractivity contribution in [2.24, 2.45) is 0 Å². The van der Waals surface area contributed by atoms with Crippen molar-refractivity contribution in [3.8, 4) is 0 Å². The Hall–Kier alpha value is -1.02. The van der Waals surface area contributed by atoms with Crippen molar-refractivity contribution in [3.63, 3.8) is 0 Å². The summed E-state index contributed by atoms with van der Waals surface area (Å²) >= 11 is 0. The maximum Gasteiger partial charge on any atom is 0.0458 e. The van der Waals surface area contributed by atoms with E-state index in [1.807, 2.05) is 0 Å². The van der Waals surface area contributed by atoms with E-state index < -0.39 is 0 Å². The number of anilines is 1. The predicted octanol–water partition coefficient (Wildman–Crippen LogP) is 1.90. The molecular formula is C12H16N2. The molecule has 2 aliphatic heterocycles. The number of fused-ring (bicyclic) bond motifs is 3. The van der Waals surface area contributed by atoms with E-state index in [0.717, 1.165) is 5.92 Å². The minimum atomic E-state index is 0.645. The van der Waals surface area contributed by atoms with Crippen LogP contribution in [0.25, 0.3) is 0 Å². The molecule has 2 heterocycles. The molecule has 1 fully saturated rings. The quantitative estimate of drug-likeness (QED) is 0.669. The van der Waals surface area contributed by atoms with Gasteiger partial charge in [0.05, 0.1) is 0 Å². The standard InChI is InChI=1S/C12H16N2/c1-14-7-6-10-9-4-2-3-5-11(9)13-12(10)8-14/h2-5,10,12-13H,6-8H2,1H3/t10-,12-/m1/s1. The van der Waals surface area contributed by atoms with Crippen molar-refractivity contribution in [3.05, 3.63) is 29.8 Å². The molecule has 2 aliphatic rings. The highest BCUT2D eigenvalue weighted by atomic mass is 15.2. The van der Waals surface area contributed by atoms with Crippen LogP contribution in [0.5, 0.6) is 0 Å². The molecule has 2 heteroatoms. The number of likely N-dealkylation sites (N-methyl/N-ethyl adjacent to an activating group) is 1. The summed E-state index contributed by atoms with van der Waals surface area (Å²) in [5, 5.41) is 3.63. The largest absolute Gasteiger partial charge is 0.380 e. The van der Waals surface area contributed by atoms with Gasteiger partial charge in [0, 0.05) is 24.2 Å². The van der Waals surface area contributed by atoms with Gasteiger partial charge in [-0.15, -0.1) is 0 Å². The molecule has 0 radical (unpaired) electrons. The van der Waals surface area contributed by atoms with Crippen molar-refractivity contribution < 1.29 is 0 Å². The molecule has 0 spiro atoms. The van der Waals surface area contributed by atoms with Crippen molar-refractivity contribution in [2.75, 3.05) is 25.5 Å². The first-order valence-corrected chi connectivity index (χ1v) is 5.38. The monoisotopic (exact) mass is 188 g/mol. The molecule has 1 N–H and O–H groups in total. The highest BCUT2D eigenvalue weighted by Gasteiger charge is 2.34. The van der Waals surface area contributed by atoms with Gasteiger partial charge in [0.2, 0.25) is 0 Å². The Morgan fingerprint density at radius 2 is 2.21 bits per heavy atom. The SMILES string of the molecule is CN1CC[C@@H]2c3ccccc3N[C@@H]2C1. The smallest absolute Gasteiger partial charge is 0.0458 e. The minimum absolute atomic E-state index is 0.645. The van der Waals surface area contributed by atoms with E-state index in [-0.39, 0.29) is 0 Å². The van der Waals surface area contributed by atoms with Gasteiger partial charge in [0.25, 0.3) is 0 Å². The van der Waals surface area contributed by atoms with Gasteiger partial charge in [0.15, 0.2) is 0 Å². The summed E-state index contributed by atoms with van der Waals surface area (Å²) < 4.78 is 0. The van der Waals surface area contributed by atoms with E-state index in [9.17, 15) is 0 Å². The van der Waals surface area contributed by atoms with E-state index in [1.54, 1.807) is 0 Å². The van der Waals surface area contributed by atoms with Crippen LogP contribution in [0.15, 0.2) is 24.3 Å². The van der Waals surface area contributed by atoms with Crippen LogP contribution in [-0.4, -0.2) is 31.1 Å². The summed E-state index contributed by atoms with van der Waals surface area (Å²) in [6.45, 7) is 2.41. The van der Waals surface area contributed by atoms with Crippen LogP contribution in [0, 0.1) is 0 Å². The van der Waals surface area contributed by atoms with Crippen molar-refractivity contribution >= 4 is 5.69 Å². The third-order valence-electron chi connectivity index (χ3n) is 3.52. The lowest BCUT2D eigenvalue weighted by molar-refractivity contribution is 0.245. The van der Waals surface area contributed by atoms with Crippen LogP contribution >= 0.6 is 0 Å². The van der Waals surface area contributed by atoms with Crippen LogP contribution < -0.4 is 5.32 Å². The molecule has 0 unspecified atom stereocenters. The highest BCUT2D eigenvalue weighted by molar-refractivity contribution is 5.59. The Labute approximate surface area is 84.9 Å². The number of likely N-dealkylation sites (tertiary alicyclic amines) is 1. The lowest BCUT2D eigenvalue weighted by atomic mass is 9.89. The molecule has 2 nitrogen and oxygen atoms in total. The van der Waals surface area contributed by atoms with Crippen LogP contribution in [0.4, 0.5) is 5.69 Å². The lowest BCUT2D eigenvalue weighted by Gasteiger charge is -2.32. The first-order chi connectivity index (χ1) is 6.84. The highest BCUT2D eigenvalue weighted by Crippen LogP contribution is 2.39. The Kier molecular flexibility index (Phi) is 1.77. The van der Waals surface area contributed by atoms with E-state index in [0.29, 0.717) is 6.04 Å². The Morgan fingerprint density at radius 3 is 3.14 bits per heavy atom. The third-order valence-corrected chi connectivity index (χ3v) is 3.52. The molecule has 0 bridgehead atoms. The van der Waals surface area contributed by atoms with Crippen molar-refractivity contribution in [1.29, 1.82) is 0 Å². The Balaban J connectivity index is 1.94. The summed E-state index contributed by atoms with van der Waals surface area (Å²) in [6.07, 6.45) is 1.30. The predicted molar refractivity (Wildman–Crippen MR) is 58.7 cm³/mol. The molecule has 0 aliphatic carbocycles. The lowest BCUT2D eigenvalue weighted by Crippen LogP contribution is -2.41. The number of para-hydroxylation sites is 1. The number of hydrogen-bond acceptors (Lipinski definition) is 2. The van der Waals surface area contributed by atoms with Gasteiger partial charge >= 0.3 is 0 Å². The van der Waals surface area contributed by atoms with Gasteiger partial charge in [-0.3, -0.25) is 0 Å². The summed E-state index contributed by atoms with van der Waals surface area (Å²) in [7, 11) is 2.21. The fraction of sp³-hybridized carbons (Fsp3) is 0.500. The topological polar surface area (TPSA) is 15.3 Å². The number of piperidine rings is 1. The van der Waals surface area contributed by atoms with Gasteiger partial charge in [-0.25, -0.2) is 0 Å². The van der Waals surface area contributed by atoms with Crippen LogP contribution in [-0.2, 0) is 0 Å². The number of hydrogen-bond donors (Lipinski definition) is 1. The molecule has 3 rings (SSSR count). The number of rotatable bonds is 0. The first kappa shape index (κ1) is 8.30. The zero-order chi connectivity index (χ0) is 9.54. The average molecular weight is 188 g/mol. The summed E-state index contributed by atoms with van der Waals surface area (Å²) in [5.41, 5.74) is 2.89. The normalized spacial score (nSPS) is 30.6. The second kappa shape index (κ2) is 2.99. The van der Waals surface area contributed by atoms with Crippen LogP contribution in [0.2, 0.25) is 0 Å². The van der Waals surface area contributed by atoms with Gasteiger partial charge < -0.3 is 10.2 Å². The molecule has 1 aromatic carbocycles. The molecule has 0 amide bonds. The van der Waals surface area contributed by atoms with E-state index >= 15 is 0 Å². The Morgan fingerprint density at radius 1 is 1.36 bits per heavy atom. The fourth-order valence-electron chi connectivity index (χ4n) is 2.78. The molecule has 2 atom stereocenters. The van der Waals surface area contributed by atoms with Crippen molar-refractivity contribution in [2.45, 2.75) is 18.4 Å². The number of nitrogens with one attached hydrogen (secondary N) is 1. The number of nitrogens with zero attached hydrogens (tertiary/aromatic N) is 1. The maximum atomic E-state index is 3.63.